The number of phenolic OH excluding ortho intramolecular Hbond substituents is 6. The van der Waals surface area contributed by atoms with Crippen molar-refractivity contribution < 1.29 is 40.8 Å². The Morgan fingerprint density at radius 1 is 0.783 bits per heavy atom. The van der Waals surface area contributed by atoms with Crippen LogP contribution in [0, 0.1) is 0 Å². The maximum Gasteiger partial charge on any atom is 0.204 e. The molecule has 0 aliphatic carbocycles. The summed E-state index contributed by atoms with van der Waals surface area (Å²) in [7, 11) is 0. The molecule has 0 bridgehead atoms. The number of fused-ring (bicyclic) bond motifs is 1. The quantitative estimate of drug-likeness (QED) is 0.373. The molecular formula is C15H18O8. The van der Waals surface area contributed by atoms with Crippen LogP contribution in [0.4, 0.5) is 0 Å². The van der Waals surface area contributed by atoms with E-state index in [1.165, 1.54) is 0 Å². The first-order valence-electron chi connectivity index (χ1n) is 6.26. The molecule has 126 valence electrons. The SMILES string of the molecule is O=c1c(-c2cc(O)c(O)c(O)c2)coc2cc(O)c(O)c(O)c12.[HH].[HH].[HH].[HH]. The van der Waals surface area contributed by atoms with Crippen LogP contribution in [-0.2, 0) is 0 Å². The van der Waals surface area contributed by atoms with Crippen LogP contribution in [0.3, 0.4) is 0 Å². The summed E-state index contributed by atoms with van der Waals surface area (Å²) in [4.78, 5) is 12.5. The Balaban J connectivity index is 0. The molecule has 0 aliphatic rings. The minimum atomic E-state index is -0.877. The van der Waals surface area contributed by atoms with Crippen LogP contribution in [0.15, 0.2) is 33.7 Å². The van der Waals surface area contributed by atoms with Gasteiger partial charge < -0.3 is 35.1 Å². The molecule has 0 amide bonds. The van der Waals surface area contributed by atoms with E-state index in [-0.39, 0.29) is 27.8 Å². The number of hydrogen-bond acceptors (Lipinski definition) is 8. The molecule has 23 heavy (non-hydrogen) atoms. The van der Waals surface area contributed by atoms with Crippen molar-refractivity contribution in [3.05, 3.63) is 34.7 Å². The van der Waals surface area contributed by atoms with E-state index in [2.05, 4.69) is 0 Å². The van der Waals surface area contributed by atoms with E-state index >= 15 is 0 Å². The van der Waals surface area contributed by atoms with Crippen molar-refractivity contribution in [3.63, 3.8) is 0 Å². The topological polar surface area (TPSA) is 152 Å². The maximum absolute atomic E-state index is 12.5. The molecule has 0 fully saturated rings. The highest BCUT2D eigenvalue weighted by molar-refractivity contribution is 5.91. The highest BCUT2D eigenvalue weighted by atomic mass is 16.3. The van der Waals surface area contributed by atoms with Gasteiger partial charge in [0.2, 0.25) is 11.2 Å². The van der Waals surface area contributed by atoms with Crippen LogP contribution in [0.2, 0.25) is 0 Å². The lowest BCUT2D eigenvalue weighted by Gasteiger charge is -2.08. The van der Waals surface area contributed by atoms with E-state index in [1.807, 2.05) is 0 Å². The number of hydrogen-bond donors (Lipinski definition) is 6. The minimum absolute atomic E-state index is 0. The second kappa shape index (κ2) is 4.73. The zero-order valence-electron chi connectivity index (χ0n) is 11.3. The normalized spacial score (nSPS) is 11.0. The molecule has 8 heteroatoms. The third-order valence-corrected chi connectivity index (χ3v) is 3.37. The predicted molar refractivity (Wildman–Crippen MR) is 86.4 cm³/mol. The Morgan fingerprint density at radius 3 is 1.96 bits per heavy atom. The van der Waals surface area contributed by atoms with E-state index in [0.717, 1.165) is 24.5 Å². The number of phenols is 6. The molecule has 3 rings (SSSR count). The Bertz CT molecular complexity index is 996. The van der Waals surface area contributed by atoms with Crippen LogP contribution in [-0.4, -0.2) is 30.6 Å². The Kier molecular flexibility index (Phi) is 2.96. The summed E-state index contributed by atoms with van der Waals surface area (Å²) in [5, 5.41) is 56.7. The van der Waals surface area contributed by atoms with Gasteiger partial charge in [-0.05, 0) is 17.7 Å². The molecule has 3 aromatic rings. The zero-order valence-corrected chi connectivity index (χ0v) is 11.3. The fraction of sp³-hybridized carbons (Fsp3) is 0. The largest absolute Gasteiger partial charge is 0.504 e. The molecule has 0 saturated heterocycles. The van der Waals surface area contributed by atoms with Crippen molar-refractivity contribution >= 4 is 11.0 Å². The van der Waals surface area contributed by atoms with E-state index in [9.17, 15) is 35.4 Å². The molecule has 2 aromatic carbocycles. The van der Waals surface area contributed by atoms with Gasteiger partial charge in [0.1, 0.15) is 17.2 Å². The molecular weight excluding hydrogens is 308 g/mol. The molecule has 0 saturated carbocycles. The van der Waals surface area contributed by atoms with Gasteiger partial charge in [-0.1, -0.05) is 0 Å². The van der Waals surface area contributed by atoms with Crippen LogP contribution >= 0.6 is 0 Å². The fourth-order valence-electron chi connectivity index (χ4n) is 2.20. The van der Waals surface area contributed by atoms with Gasteiger partial charge >= 0.3 is 0 Å². The van der Waals surface area contributed by atoms with E-state index in [1.54, 1.807) is 0 Å². The molecule has 1 heterocycles. The van der Waals surface area contributed by atoms with Gasteiger partial charge in [0.05, 0.1) is 5.56 Å². The highest BCUT2D eigenvalue weighted by Crippen LogP contribution is 2.42. The summed E-state index contributed by atoms with van der Waals surface area (Å²) in [6.45, 7) is 0. The van der Waals surface area contributed by atoms with Gasteiger partial charge in [0.25, 0.3) is 0 Å². The van der Waals surface area contributed by atoms with Crippen LogP contribution in [0.5, 0.6) is 34.5 Å². The summed E-state index contributed by atoms with van der Waals surface area (Å²) < 4.78 is 5.15. The smallest absolute Gasteiger partial charge is 0.204 e. The first-order valence-corrected chi connectivity index (χ1v) is 6.26. The summed E-state index contributed by atoms with van der Waals surface area (Å²) in [5.41, 5.74) is -1.08. The standard InChI is InChI=1S/C15H10O8.4H2/c16-7-1-5(2-8(17)13(7)20)6-4-23-10-3-9(18)14(21)15(22)11(10)12(6)19;;;;/h1-4,16-18,20-22H;4*1H. The summed E-state index contributed by atoms with van der Waals surface area (Å²) in [6, 6.07) is 3.00. The molecule has 0 radical (unpaired) electrons. The van der Waals surface area contributed by atoms with Gasteiger partial charge in [-0.2, -0.15) is 0 Å². The lowest BCUT2D eigenvalue weighted by Crippen LogP contribution is -2.05. The van der Waals surface area contributed by atoms with E-state index < -0.39 is 39.9 Å². The molecule has 0 aliphatic heterocycles. The Morgan fingerprint density at radius 2 is 1.35 bits per heavy atom. The first kappa shape index (κ1) is 14.4. The first-order chi connectivity index (χ1) is 10.8. The third kappa shape index (κ3) is 2.04. The molecule has 0 unspecified atom stereocenters. The predicted octanol–water partition coefficient (Wildman–Crippen LogP) is 2.68. The monoisotopic (exact) mass is 326 g/mol. The molecule has 0 spiro atoms. The van der Waals surface area contributed by atoms with Crippen LogP contribution < -0.4 is 5.43 Å². The van der Waals surface area contributed by atoms with Gasteiger partial charge in [-0.25, -0.2) is 0 Å². The number of aromatic hydroxyl groups is 6. The second-order valence-corrected chi connectivity index (χ2v) is 4.81. The molecule has 6 N–H and O–H groups in total. The number of benzene rings is 2. The number of rotatable bonds is 1. The average Bonchev–Trinajstić information content (AvgIpc) is 2.50. The molecule has 1 aromatic heterocycles. The van der Waals surface area contributed by atoms with Gasteiger partial charge in [-0.3, -0.25) is 4.79 Å². The van der Waals surface area contributed by atoms with E-state index in [4.69, 9.17) is 4.42 Å². The summed E-state index contributed by atoms with van der Waals surface area (Å²) >= 11 is 0. The van der Waals surface area contributed by atoms with Crippen molar-refractivity contribution in [2.24, 2.45) is 0 Å². The lowest BCUT2D eigenvalue weighted by atomic mass is 10.0. The zero-order chi connectivity index (χ0) is 16.9. The summed E-state index contributed by atoms with van der Waals surface area (Å²) in [6.07, 6.45) is 0.992. The van der Waals surface area contributed by atoms with Crippen LogP contribution in [0.1, 0.15) is 5.71 Å². The lowest BCUT2D eigenvalue weighted by molar-refractivity contribution is 0.368. The van der Waals surface area contributed by atoms with Gasteiger partial charge in [0.15, 0.2) is 28.7 Å². The van der Waals surface area contributed by atoms with Crippen molar-refractivity contribution in [3.8, 4) is 45.6 Å². The Labute approximate surface area is 133 Å². The second-order valence-electron chi connectivity index (χ2n) is 4.81. The minimum Gasteiger partial charge on any atom is -0.504 e. The average molecular weight is 326 g/mol. The van der Waals surface area contributed by atoms with Crippen LogP contribution in [0.25, 0.3) is 22.1 Å². The molecule has 8 nitrogen and oxygen atoms in total. The maximum atomic E-state index is 12.5. The van der Waals surface area contributed by atoms with E-state index in [0.29, 0.717) is 0 Å². The summed E-state index contributed by atoms with van der Waals surface area (Å²) in [5.74, 6) is -4.45. The molecule has 0 atom stereocenters. The third-order valence-electron chi connectivity index (χ3n) is 3.37. The fourth-order valence-corrected chi connectivity index (χ4v) is 2.20. The van der Waals surface area contributed by atoms with Crippen molar-refractivity contribution in [1.82, 2.24) is 0 Å². The van der Waals surface area contributed by atoms with Gasteiger partial charge in [-0.15, -0.1) is 0 Å². The van der Waals surface area contributed by atoms with Gasteiger partial charge in [0, 0.05) is 11.8 Å². The van der Waals surface area contributed by atoms with Crippen molar-refractivity contribution in [2.75, 3.05) is 0 Å². The van der Waals surface area contributed by atoms with Crippen molar-refractivity contribution in [2.45, 2.75) is 0 Å². The Hall–Kier alpha value is -3.55. The van der Waals surface area contributed by atoms with Crippen molar-refractivity contribution in [1.29, 1.82) is 0 Å². The highest BCUT2D eigenvalue weighted by Gasteiger charge is 2.19.